The first kappa shape index (κ1) is 12.8. The van der Waals surface area contributed by atoms with Crippen LogP contribution >= 0.6 is 11.6 Å². The van der Waals surface area contributed by atoms with E-state index in [0.29, 0.717) is 18.8 Å². The summed E-state index contributed by atoms with van der Waals surface area (Å²) in [5.41, 5.74) is 2.67. The summed E-state index contributed by atoms with van der Waals surface area (Å²) in [6.07, 6.45) is 0. The number of carbonyl (C=O) groups is 1. The number of hydrogen-bond donors (Lipinski definition) is 0. The second-order valence-corrected chi connectivity index (χ2v) is 4.29. The van der Waals surface area contributed by atoms with E-state index in [4.69, 9.17) is 16.3 Å². The predicted molar refractivity (Wildman–Crippen MR) is 71.6 cm³/mol. The Morgan fingerprint density at radius 2 is 1.44 bits per heavy atom. The van der Waals surface area contributed by atoms with Crippen molar-refractivity contribution in [1.29, 1.82) is 0 Å². The quantitative estimate of drug-likeness (QED) is 0.765. The van der Waals surface area contributed by atoms with Crippen LogP contribution in [0.2, 0.25) is 0 Å². The summed E-state index contributed by atoms with van der Waals surface area (Å²) in [5.74, 6) is 0. The second-order valence-electron chi connectivity index (χ2n) is 3.95. The highest BCUT2D eigenvalue weighted by atomic mass is 35.5. The molecule has 0 spiro atoms. The van der Waals surface area contributed by atoms with Crippen LogP contribution in [0.1, 0.15) is 21.5 Å². The van der Waals surface area contributed by atoms with Gasteiger partial charge in [-0.3, -0.25) is 4.79 Å². The number of carbonyl (C=O) groups excluding carboxylic acids is 1. The van der Waals surface area contributed by atoms with Gasteiger partial charge in [0.15, 0.2) is 0 Å². The standard InChI is InChI=1S/C15H13ClO2/c16-15(17)14-8-6-13(7-9-14)11-18-10-12-4-2-1-3-5-12/h1-9H,10-11H2. The molecule has 0 aliphatic rings. The maximum absolute atomic E-state index is 10.9. The van der Waals surface area contributed by atoms with Gasteiger partial charge in [0, 0.05) is 5.56 Å². The smallest absolute Gasteiger partial charge is 0.252 e. The molecule has 0 N–H and O–H groups in total. The number of rotatable bonds is 5. The average molecular weight is 261 g/mol. The van der Waals surface area contributed by atoms with Crippen molar-refractivity contribution in [2.45, 2.75) is 13.2 Å². The first-order valence-electron chi connectivity index (χ1n) is 5.66. The topological polar surface area (TPSA) is 26.3 Å². The van der Waals surface area contributed by atoms with Crippen molar-refractivity contribution in [3.05, 3.63) is 71.3 Å². The molecular formula is C15H13ClO2. The van der Waals surface area contributed by atoms with Crippen molar-refractivity contribution in [2.24, 2.45) is 0 Å². The Morgan fingerprint density at radius 1 is 0.889 bits per heavy atom. The van der Waals surface area contributed by atoms with E-state index in [1.54, 1.807) is 12.1 Å². The minimum atomic E-state index is -0.438. The molecule has 0 unspecified atom stereocenters. The molecule has 0 fully saturated rings. The molecule has 0 heterocycles. The fraction of sp³-hybridized carbons (Fsp3) is 0.133. The van der Waals surface area contributed by atoms with Crippen molar-refractivity contribution in [1.82, 2.24) is 0 Å². The number of hydrogen-bond acceptors (Lipinski definition) is 2. The molecular weight excluding hydrogens is 248 g/mol. The third-order valence-corrected chi connectivity index (χ3v) is 2.78. The Kier molecular flexibility index (Phi) is 4.51. The van der Waals surface area contributed by atoms with Crippen LogP contribution in [0.5, 0.6) is 0 Å². The first-order chi connectivity index (χ1) is 8.75. The zero-order valence-electron chi connectivity index (χ0n) is 9.80. The summed E-state index contributed by atoms with van der Waals surface area (Å²) in [7, 11) is 0. The highest BCUT2D eigenvalue weighted by Gasteiger charge is 2.01. The molecule has 0 amide bonds. The Bertz CT molecular complexity index is 506. The monoisotopic (exact) mass is 260 g/mol. The van der Waals surface area contributed by atoms with Crippen molar-refractivity contribution in [2.75, 3.05) is 0 Å². The van der Waals surface area contributed by atoms with Crippen molar-refractivity contribution in [3.63, 3.8) is 0 Å². The maximum atomic E-state index is 10.9. The zero-order chi connectivity index (χ0) is 12.8. The minimum absolute atomic E-state index is 0.438. The SMILES string of the molecule is O=C(Cl)c1ccc(COCc2ccccc2)cc1. The summed E-state index contributed by atoms with van der Waals surface area (Å²) < 4.78 is 5.59. The third kappa shape index (κ3) is 3.69. The highest BCUT2D eigenvalue weighted by molar-refractivity contribution is 6.67. The van der Waals surface area contributed by atoms with Crippen LogP contribution in [0, 0.1) is 0 Å². The molecule has 2 rings (SSSR count). The third-order valence-electron chi connectivity index (χ3n) is 2.56. The van der Waals surface area contributed by atoms with E-state index in [2.05, 4.69) is 0 Å². The van der Waals surface area contributed by atoms with E-state index in [1.807, 2.05) is 42.5 Å². The van der Waals surface area contributed by atoms with Gasteiger partial charge in [0.25, 0.3) is 5.24 Å². The Morgan fingerprint density at radius 3 is 2.00 bits per heavy atom. The van der Waals surface area contributed by atoms with E-state index >= 15 is 0 Å². The van der Waals surface area contributed by atoms with Crippen LogP contribution in [0.4, 0.5) is 0 Å². The van der Waals surface area contributed by atoms with E-state index in [9.17, 15) is 4.79 Å². The fourth-order valence-corrected chi connectivity index (χ4v) is 1.72. The lowest BCUT2D eigenvalue weighted by Crippen LogP contribution is -1.95. The molecule has 0 saturated carbocycles. The molecule has 0 aromatic heterocycles. The average Bonchev–Trinajstić information content (AvgIpc) is 2.40. The lowest BCUT2D eigenvalue weighted by atomic mass is 10.1. The summed E-state index contributed by atoms with van der Waals surface area (Å²) in [5, 5.41) is -0.438. The highest BCUT2D eigenvalue weighted by Crippen LogP contribution is 2.09. The molecule has 2 aromatic rings. The molecule has 2 nitrogen and oxygen atoms in total. The normalized spacial score (nSPS) is 10.3. The van der Waals surface area contributed by atoms with Crippen molar-refractivity contribution < 1.29 is 9.53 Å². The molecule has 0 saturated heterocycles. The number of halogens is 1. The molecule has 92 valence electrons. The summed E-state index contributed by atoms with van der Waals surface area (Å²) >= 11 is 5.37. The summed E-state index contributed by atoms with van der Waals surface area (Å²) in [4.78, 5) is 10.9. The van der Waals surface area contributed by atoms with Gasteiger partial charge in [-0.15, -0.1) is 0 Å². The maximum Gasteiger partial charge on any atom is 0.252 e. The van der Waals surface area contributed by atoms with Crippen LogP contribution < -0.4 is 0 Å². The Balaban J connectivity index is 1.85. The van der Waals surface area contributed by atoms with Crippen LogP contribution in [0.15, 0.2) is 54.6 Å². The molecule has 0 radical (unpaired) electrons. The largest absolute Gasteiger partial charge is 0.372 e. The molecule has 0 aliphatic heterocycles. The van der Waals surface area contributed by atoms with E-state index in [1.165, 1.54) is 0 Å². The van der Waals surface area contributed by atoms with Crippen LogP contribution in [0.25, 0.3) is 0 Å². The van der Waals surface area contributed by atoms with Gasteiger partial charge in [-0.1, -0.05) is 42.5 Å². The molecule has 18 heavy (non-hydrogen) atoms. The fourth-order valence-electron chi connectivity index (χ4n) is 1.59. The van der Waals surface area contributed by atoms with Crippen LogP contribution in [0.3, 0.4) is 0 Å². The van der Waals surface area contributed by atoms with Gasteiger partial charge in [-0.05, 0) is 34.9 Å². The zero-order valence-corrected chi connectivity index (χ0v) is 10.6. The van der Waals surface area contributed by atoms with Gasteiger partial charge in [-0.2, -0.15) is 0 Å². The van der Waals surface area contributed by atoms with E-state index < -0.39 is 5.24 Å². The molecule has 0 aliphatic carbocycles. The van der Waals surface area contributed by atoms with E-state index in [0.717, 1.165) is 11.1 Å². The van der Waals surface area contributed by atoms with Crippen molar-refractivity contribution >= 4 is 16.8 Å². The van der Waals surface area contributed by atoms with Crippen LogP contribution in [-0.4, -0.2) is 5.24 Å². The predicted octanol–water partition coefficient (Wildman–Crippen LogP) is 3.78. The number of benzene rings is 2. The Labute approximate surface area is 111 Å². The summed E-state index contributed by atoms with van der Waals surface area (Å²) in [6, 6.07) is 17.1. The van der Waals surface area contributed by atoms with Gasteiger partial charge >= 0.3 is 0 Å². The lowest BCUT2D eigenvalue weighted by molar-refractivity contribution is 0.106. The first-order valence-corrected chi connectivity index (χ1v) is 6.04. The second kappa shape index (κ2) is 6.34. The van der Waals surface area contributed by atoms with Gasteiger partial charge in [0.1, 0.15) is 0 Å². The van der Waals surface area contributed by atoms with Gasteiger partial charge in [0.2, 0.25) is 0 Å². The van der Waals surface area contributed by atoms with E-state index in [-0.39, 0.29) is 0 Å². The van der Waals surface area contributed by atoms with Gasteiger partial charge in [-0.25, -0.2) is 0 Å². The van der Waals surface area contributed by atoms with Gasteiger partial charge < -0.3 is 4.74 Å². The van der Waals surface area contributed by atoms with Gasteiger partial charge in [0.05, 0.1) is 13.2 Å². The number of ether oxygens (including phenoxy) is 1. The molecule has 0 atom stereocenters. The molecule has 2 aromatic carbocycles. The Hall–Kier alpha value is -1.64. The summed E-state index contributed by atoms with van der Waals surface area (Å²) in [6.45, 7) is 1.10. The molecule has 0 bridgehead atoms. The van der Waals surface area contributed by atoms with Crippen LogP contribution in [-0.2, 0) is 18.0 Å². The lowest BCUT2D eigenvalue weighted by Gasteiger charge is -2.05. The molecule has 3 heteroatoms. The minimum Gasteiger partial charge on any atom is -0.372 e. The van der Waals surface area contributed by atoms with Crippen molar-refractivity contribution in [3.8, 4) is 0 Å².